The summed E-state index contributed by atoms with van der Waals surface area (Å²) in [6.07, 6.45) is 15.1. The van der Waals surface area contributed by atoms with E-state index in [9.17, 15) is 29.4 Å². The average Bonchev–Trinajstić information content (AvgIpc) is 3.38. The SMILES string of the molecule is CCCCCCCC(=O)CC[C@@H]1[C@@H](C/C=C\CCCC(=O)NCC(=O)Oc2ccc(/C=C/C(=O)Oc3cccc(C)c3)cc2OC)[C@@H](O)C[C@H]1O. The van der Waals surface area contributed by atoms with E-state index in [-0.39, 0.29) is 48.0 Å². The van der Waals surface area contributed by atoms with Crippen LogP contribution in [0.15, 0.2) is 60.7 Å². The lowest BCUT2D eigenvalue weighted by Gasteiger charge is -2.22. The van der Waals surface area contributed by atoms with Crippen molar-refractivity contribution in [2.24, 2.45) is 11.8 Å². The Labute approximate surface area is 302 Å². The van der Waals surface area contributed by atoms with Crippen LogP contribution in [-0.4, -0.2) is 59.7 Å². The van der Waals surface area contributed by atoms with Crippen molar-refractivity contribution in [1.82, 2.24) is 5.32 Å². The molecule has 1 fully saturated rings. The molecular formula is C41H55NO9. The van der Waals surface area contributed by atoms with Crippen LogP contribution in [0.5, 0.6) is 17.2 Å². The molecule has 0 aliphatic heterocycles. The van der Waals surface area contributed by atoms with Crippen molar-refractivity contribution in [3.8, 4) is 17.2 Å². The normalized spacial score (nSPS) is 18.6. The van der Waals surface area contributed by atoms with Crippen LogP contribution in [0.2, 0.25) is 0 Å². The van der Waals surface area contributed by atoms with Gasteiger partial charge in [-0.2, -0.15) is 0 Å². The number of hydrogen-bond donors (Lipinski definition) is 3. The van der Waals surface area contributed by atoms with E-state index >= 15 is 0 Å². The summed E-state index contributed by atoms with van der Waals surface area (Å²) >= 11 is 0. The van der Waals surface area contributed by atoms with Gasteiger partial charge in [0.25, 0.3) is 0 Å². The molecule has 10 nitrogen and oxygen atoms in total. The van der Waals surface area contributed by atoms with E-state index in [1.807, 2.05) is 25.1 Å². The Morgan fingerprint density at radius 2 is 1.65 bits per heavy atom. The monoisotopic (exact) mass is 705 g/mol. The molecule has 1 aliphatic rings. The fourth-order valence-corrected chi connectivity index (χ4v) is 6.32. The number of unbranched alkanes of at least 4 members (excludes halogenated alkanes) is 5. The first-order valence-electron chi connectivity index (χ1n) is 18.2. The number of amides is 1. The first-order valence-corrected chi connectivity index (χ1v) is 18.2. The van der Waals surface area contributed by atoms with E-state index in [0.29, 0.717) is 56.3 Å². The molecule has 3 N–H and O–H groups in total. The maximum atomic E-state index is 12.4. The number of aliphatic hydroxyl groups is 2. The topological polar surface area (TPSA) is 148 Å². The minimum Gasteiger partial charge on any atom is -0.493 e. The van der Waals surface area contributed by atoms with Gasteiger partial charge < -0.3 is 29.7 Å². The minimum atomic E-state index is -0.660. The van der Waals surface area contributed by atoms with Crippen molar-refractivity contribution in [3.05, 3.63) is 71.8 Å². The van der Waals surface area contributed by atoms with Crippen LogP contribution in [0.3, 0.4) is 0 Å². The summed E-state index contributed by atoms with van der Waals surface area (Å²) < 4.78 is 16.0. The van der Waals surface area contributed by atoms with Gasteiger partial charge in [-0.15, -0.1) is 0 Å². The number of allylic oxidation sites excluding steroid dienone is 2. The second-order valence-electron chi connectivity index (χ2n) is 13.3. The molecule has 0 bridgehead atoms. The highest BCUT2D eigenvalue weighted by Gasteiger charge is 2.40. The molecule has 2 aromatic carbocycles. The third kappa shape index (κ3) is 15.2. The second-order valence-corrected chi connectivity index (χ2v) is 13.3. The minimum absolute atomic E-state index is 0.0950. The molecule has 1 saturated carbocycles. The highest BCUT2D eigenvalue weighted by molar-refractivity contribution is 5.89. The van der Waals surface area contributed by atoms with Crippen LogP contribution < -0.4 is 19.5 Å². The fraction of sp³-hybridized carbons (Fsp3) is 0.512. The molecule has 0 radical (unpaired) electrons. The van der Waals surface area contributed by atoms with E-state index < -0.39 is 24.1 Å². The highest BCUT2D eigenvalue weighted by Crippen LogP contribution is 2.38. The lowest BCUT2D eigenvalue weighted by molar-refractivity contribution is -0.135. The van der Waals surface area contributed by atoms with Gasteiger partial charge in [-0.25, -0.2) is 9.59 Å². The Morgan fingerprint density at radius 1 is 0.863 bits per heavy atom. The van der Waals surface area contributed by atoms with Crippen molar-refractivity contribution < 1.29 is 43.6 Å². The number of ether oxygens (including phenoxy) is 3. The van der Waals surface area contributed by atoms with E-state index in [2.05, 4.69) is 12.2 Å². The predicted octanol–water partition coefficient (Wildman–Crippen LogP) is 6.83. The van der Waals surface area contributed by atoms with Crippen LogP contribution in [0.25, 0.3) is 6.08 Å². The molecule has 2 aromatic rings. The zero-order valence-electron chi connectivity index (χ0n) is 30.3. The number of ketones is 1. The number of rotatable bonds is 22. The zero-order chi connectivity index (χ0) is 37.0. The first-order chi connectivity index (χ1) is 24.6. The van der Waals surface area contributed by atoms with Crippen LogP contribution in [0.4, 0.5) is 0 Å². The third-order valence-electron chi connectivity index (χ3n) is 9.15. The molecule has 1 aliphatic carbocycles. The van der Waals surface area contributed by atoms with Gasteiger partial charge in [0.15, 0.2) is 11.5 Å². The molecule has 4 atom stereocenters. The highest BCUT2D eigenvalue weighted by atomic mass is 16.6. The molecule has 0 aromatic heterocycles. The summed E-state index contributed by atoms with van der Waals surface area (Å²) in [6.45, 7) is 3.76. The lowest BCUT2D eigenvalue weighted by atomic mass is 9.86. The molecule has 51 heavy (non-hydrogen) atoms. The van der Waals surface area contributed by atoms with Gasteiger partial charge >= 0.3 is 11.9 Å². The largest absolute Gasteiger partial charge is 0.493 e. The van der Waals surface area contributed by atoms with E-state index in [0.717, 1.165) is 24.8 Å². The number of nitrogens with one attached hydrogen (secondary N) is 1. The number of Topliss-reactive ketones (excluding diaryl/α,β-unsaturated/α-hetero) is 1. The second kappa shape index (κ2) is 22.5. The Balaban J connectivity index is 1.33. The quantitative estimate of drug-likeness (QED) is 0.0394. The summed E-state index contributed by atoms with van der Waals surface area (Å²) in [5, 5.41) is 23.6. The summed E-state index contributed by atoms with van der Waals surface area (Å²) in [6, 6.07) is 12.0. The van der Waals surface area contributed by atoms with Crippen molar-refractivity contribution >= 4 is 29.7 Å². The molecule has 1 amide bonds. The molecule has 0 spiro atoms. The molecule has 0 unspecified atom stereocenters. The molecule has 278 valence electrons. The number of carbonyl (C=O) groups excluding carboxylic acids is 4. The molecule has 0 saturated heterocycles. The maximum Gasteiger partial charge on any atom is 0.336 e. The number of hydrogen-bond acceptors (Lipinski definition) is 9. The van der Waals surface area contributed by atoms with Crippen molar-refractivity contribution in [2.75, 3.05) is 13.7 Å². The van der Waals surface area contributed by atoms with E-state index in [4.69, 9.17) is 14.2 Å². The van der Waals surface area contributed by atoms with Gasteiger partial charge in [-0.3, -0.25) is 9.59 Å². The summed E-state index contributed by atoms with van der Waals surface area (Å²) in [5.41, 5.74) is 1.60. The van der Waals surface area contributed by atoms with Crippen molar-refractivity contribution in [2.45, 2.75) is 110 Å². The number of aliphatic hydroxyl groups excluding tert-OH is 2. The van der Waals surface area contributed by atoms with Gasteiger partial charge in [-0.05, 0) is 98.8 Å². The Morgan fingerprint density at radius 3 is 2.41 bits per heavy atom. The van der Waals surface area contributed by atoms with Gasteiger partial charge in [-0.1, -0.05) is 63.0 Å². The van der Waals surface area contributed by atoms with Gasteiger partial charge in [0.1, 0.15) is 18.1 Å². The van der Waals surface area contributed by atoms with Crippen LogP contribution in [-0.2, 0) is 19.2 Å². The Kier molecular flexibility index (Phi) is 18.2. The smallest absolute Gasteiger partial charge is 0.336 e. The number of aryl methyl sites for hydroxylation is 1. The standard InChI is InChI=1S/C41H55NO9/c1-4-5-6-7-10-15-31(43)21-22-34-33(35(44)27-36(34)45)17-11-8-9-12-18-39(46)42-28-41(48)51-37-23-19-30(26-38(37)49-3)20-24-40(47)50-32-16-13-14-29(2)25-32/h8,11,13-14,16,19-20,23-26,33-36,44-45H,4-7,9-10,12,15,17-18,21-22,27-28H2,1-3H3,(H,42,46)/b11-8-,24-20+/t33-,34-,35+,36-/m1/s1. The zero-order valence-corrected chi connectivity index (χ0v) is 30.3. The van der Waals surface area contributed by atoms with Crippen LogP contribution in [0, 0.1) is 18.8 Å². The number of esters is 2. The van der Waals surface area contributed by atoms with E-state index in [1.165, 1.54) is 26.0 Å². The third-order valence-corrected chi connectivity index (χ3v) is 9.15. The molecular weight excluding hydrogens is 650 g/mol. The van der Waals surface area contributed by atoms with E-state index in [1.54, 1.807) is 42.5 Å². The molecule has 10 heteroatoms. The lowest BCUT2D eigenvalue weighted by Crippen LogP contribution is -2.31. The Bertz CT molecular complexity index is 1480. The van der Waals surface area contributed by atoms with Gasteiger partial charge in [0.05, 0.1) is 19.3 Å². The maximum absolute atomic E-state index is 12.4. The summed E-state index contributed by atoms with van der Waals surface area (Å²) in [5.74, 6) is -0.539. The number of methoxy groups -OCH3 is 1. The first kappa shape index (κ1) is 41.1. The van der Waals surface area contributed by atoms with Crippen molar-refractivity contribution in [3.63, 3.8) is 0 Å². The van der Waals surface area contributed by atoms with Crippen LogP contribution >= 0.6 is 0 Å². The predicted molar refractivity (Wildman–Crippen MR) is 196 cm³/mol. The Hall–Kier alpha value is -4.28. The van der Waals surface area contributed by atoms with Gasteiger partial charge in [0, 0.05) is 25.3 Å². The summed E-state index contributed by atoms with van der Waals surface area (Å²) in [7, 11) is 1.43. The molecule has 0 heterocycles. The van der Waals surface area contributed by atoms with Gasteiger partial charge in [0.2, 0.25) is 5.91 Å². The average molecular weight is 706 g/mol. The van der Waals surface area contributed by atoms with Crippen LogP contribution in [0.1, 0.15) is 102 Å². The number of carbonyl (C=O) groups is 4. The molecule has 3 rings (SSSR count). The fourth-order valence-electron chi connectivity index (χ4n) is 6.32. The number of benzene rings is 2. The van der Waals surface area contributed by atoms with Crippen molar-refractivity contribution in [1.29, 1.82) is 0 Å². The summed E-state index contributed by atoms with van der Waals surface area (Å²) in [4.78, 5) is 49.3.